The Bertz CT molecular complexity index is 530. The molecule has 94 valence electrons. The van der Waals surface area contributed by atoms with E-state index in [-0.39, 0.29) is 28.6 Å². The molecule has 0 amide bonds. The molecule has 0 saturated carbocycles. The fourth-order valence-electron chi connectivity index (χ4n) is 1.14. The third kappa shape index (κ3) is 4.49. The molecule has 0 radical (unpaired) electrons. The Morgan fingerprint density at radius 3 is 2.71 bits per heavy atom. The van der Waals surface area contributed by atoms with Crippen LogP contribution in [0.25, 0.3) is 0 Å². The van der Waals surface area contributed by atoms with Crippen molar-refractivity contribution in [3.05, 3.63) is 23.0 Å². The third-order valence-electron chi connectivity index (χ3n) is 1.80. The van der Waals surface area contributed by atoms with Crippen LogP contribution in [-0.2, 0) is 25.0 Å². The highest BCUT2D eigenvalue weighted by molar-refractivity contribution is 8.13. The number of halogens is 2. The van der Waals surface area contributed by atoms with E-state index in [2.05, 4.69) is 4.98 Å². The number of aromatic nitrogens is 1. The first kappa shape index (κ1) is 14.2. The first-order valence-electron chi connectivity index (χ1n) is 4.53. The zero-order valence-electron chi connectivity index (χ0n) is 8.81. The van der Waals surface area contributed by atoms with Gasteiger partial charge in [-0.1, -0.05) is 11.6 Å². The van der Waals surface area contributed by atoms with Crippen LogP contribution < -0.4 is 0 Å². The first-order chi connectivity index (χ1) is 7.80. The normalized spacial score (nSPS) is 11.2. The van der Waals surface area contributed by atoms with Gasteiger partial charge in [-0.25, -0.2) is 8.42 Å². The van der Waals surface area contributed by atoms with E-state index >= 15 is 0 Å². The molecule has 0 aliphatic heterocycles. The van der Waals surface area contributed by atoms with Crippen molar-refractivity contribution in [2.45, 2.75) is 18.2 Å². The lowest BCUT2D eigenvalue weighted by atomic mass is 10.3. The summed E-state index contributed by atoms with van der Waals surface area (Å²) in [5.41, 5.74) is 0.214. The SMILES string of the molecule is CC(=O)OCCc1ncc(Cl)cc1S(=O)(=O)Cl. The van der Waals surface area contributed by atoms with Crippen molar-refractivity contribution in [3.63, 3.8) is 0 Å². The molecule has 1 heterocycles. The maximum Gasteiger partial charge on any atom is 0.302 e. The molecule has 17 heavy (non-hydrogen) atoms. The number of rotatable bonds is 4. The van der Waals surface area contributed by atoms with Gasteiger partial charge in [0.2, 0.25) is 0 Å². The van der Waals surface area contributed by atoms with Gasteiger partial charge in [-0.3, -0.25) is 9.78 Å². The van der Waals surface area contributed by atoms with E-state index in [4.69, 9.17) is 27.0 Å². The molecular formula is C9H9Cl2NO4S. The van der Waals surface area contributed by atoms with Crippen LogP contribution in [0.3, 0.4) is 0 Å². The van der Waals surface area contributed by atoms with Crippen LogP contribution in [0.2, 0.25) is 5.02 Å². The summed E-state index contributed by atoms with van der Waals surface area (Å²) >= 11 is 5.64. The standard InChI is InChI=1S/C9H9Cl2NO4S/c1-6(13)16-3-2-8-9(17(11,14)15)4-7(10)5-12-8/h4-5H,2-3H2,1H3. The van der Waals surface area contributed by atoms with Crippen molar-refractivity contribution in [1.82, 2.24) is 4.98 Å². The summed E-state index contributed by atoms with van der Waals surface area (Å²) in [6.07, 6.45) is 1.45. The second kappa shape index (κ2) is 5.66. The predicted molar refractivity (Wildman–Crippen MR) is 62.6 cm³/mol. The minimum atomic E-state index is -3.92. The highest BCUT2D eigenvalue weighted by Gasteiger charge is 2.17. The quantitative estimate of drug-likeness (QED) is 0.625. The summed E-state index contributed by atoms with van der Waals surface area (Å²) < 4.78 is 27.2. The molecule has 0 spiro atoms. The zero-order valence-corrected chi connectivity index (χ0v) is 11.1. The number of hydrogen-bond donors (Lipinski definition) is 0. The highest BCUT2D eigenvalue weighted by atomic mass is 35.7. The number of pyridine rings is 1. The fraction of sp³-hybridized carbons (Fsp3) is 0.333. The number of nitrogens with zero attached hydrogens (tertiary/aromatic N) is 1. The fourth-order valence-corrected chi connectivity index (χ4v) is 2.47. The van der Waals surface area contributed by atoms with Gasteiger partial charge in [0.1, 0.15) is 4.90 Å². The molecule has 0 unspecified atom stereocenters. The minimum Gasteiger partial charge on any atom is -0.465 e. The summed E-state index contributed by atoms with van der Waals surface area (Å²) in [5.74, 6) is -0.450. The lowest BCUT2D eigenvalue weighted by Gasteiger charge is -2.06. The van der Waals surface area contributed by atoms with E-state index < -0.39 is 15.0 Å². The van der Waals surface area contributed by atoms with Gasteiger partial charge >= 0.3 is 5.97 Å². The minimum absolute atomic E-state index is 0.0311. The number of carbonyl (C=O) groups is 1. The number of hydrogen-bond acceptors (Lipinski definition) is 5. The van der Waals surface area contributed by atoms with Crippen molar-refractivity contribution in [2.24, 2.45) is 0 Å². The largest absolute Gasteiger partial charge is 0.465 e. The molecule has 0 aliphatic rings. The molecule has 0 saturated heterocycles. The Morgan fingerprint density at radius 1 is 1.53 bits per heavy atom. The molecule has 0 atom stereocenters. The second-order valence-electron chi connectivity index (χ2n) is 3.13. The third-order valence-corrected chi connectivity index (χ3v) is 3.39. The van der Waals surface area contributed by atoms with Crippen LogP contribution in [0.5, 0.6) is 0 Å². The van der Waals surface area contributed by atoms with Gasteiger partial charge in [0.15, 0.2) is 0 Å². The number of carbonyl (C=O) groups excluding carboxylic acids is 1. The van der Waals surface area contributed by atoms with E-state index in [0.717, 1.165) is 0 Å². The molecule has 0 fully saturated rings. The van der Waals surface area contributed by atoms with Crippen molar-refractivity contribution >= 4 is 37.3 Å². The van der Waals surface area contributed by atoms with Crippen LogP contribution in [-0.4, -0.2) is 26.0 Å². The topological polar surface area (TPSA) is 73.3 Å². The van der Waals surface area contributed by atoms with Crippen molar-refractivity contribution in [1.29, 1.82) is 0 Å². The average Bonchev–Trinajstić information content (AvgIpc) is 2.18. The van der Waals surface area contributed by atoms with Crippen LogP contribution in [0.4, 0.5) is 0 Å². The predicted octanol–water partition coefficient (Wildman–Crippen LogP) is 1.77. The zero-order chi connectivity index (χ0) is 13.1. The molecule has 0 N–H and O–H groups in total. The first-order valence-corrected chi connectivity index (χ1v) is 7.22. The van der Waals surface area contributed by atoms with Crippen molar-refractivity contribution in [3.8, 4) is 0 Å². The van der Waals surface area contributed by atoms with Crippen LogP contribution in [0.1, 0.15) is 12.6 Å². The number of esters is 1. The van der Waals surface area contributed by atoms with Gasteiger partial charge in [-0.05, 0) is 6.07 Å². The van der Waals surface area contributed by atoms with E-state index in [0.29, 0.717) is 0 Å². The lowest BCUT2D eigenvalue weighted by molar-refractivity contribution is -0.140. The molecule has 5 nitrogen and oxygen atoms in total. The molecule has 0 aromatic carbocycles. The molecule has 0 aliphatic carbocycles. The molecule has 0 bridgehead atoms. The van der Waals surface area contributed by atoms with Crippen LogP contribution in [0.15, 0.2) is 17.2 Å². The molecular weight excluding hydrogens is 289 g/mol. The Hall–Kier alpha value is -0.850. The summed E-state index contributed by atoms with van der Waals surface area (Å²) in [7, 11) is 1.32. The number of ether oxygens (including phenoxy) is 1. The van der Waals surface area contributed by atoms with Gasteiger partial charge in [0.25, 0.3) is 9.05 Å². The van der Waals surface area contributed by atoms with E-state index in [1.165, 1.54) is 19.2 Å². The summed E-state index contributed by atoms with van der Waals surface area (Å²) in [6, 6.07) is 1.21. The average molecular weight is 298 g/mol. The van der Waals surface area contributed by atoms with Gasteiger partial charge < -0.3 is 4.74 Å². The van der Waals surface area contributed by atoms with E-state index in [9.17, 15) is 13.2 Å². The molecule has 1 aromatic heterocycles. The van der Waals surface area contributed by atoms with Gasteiger partial charge in [0, 0.05) is 30.2 Å². The Labute approximate surface area is 108 Å². The highest BCUT2D eigenvalue weighted by Crippen LogP contribution is 2.22. The van der Waals surface area contributed by atoms with E-state index in [1.54, 1.807) is 0 Å². The molecule has 1 rings (SSSR count). The van der Waals surface area contributed by atoms with Gasteiger partial charge in [-0.2, -0.15) is 0 Å². The van der Waals surface area contributed by atoms with Gasteiger partial charge in [-0.15, -0.1) is 0 Å². The van der Waals surface area contributed by atoms with Crippen LogP contribution in [0, 0.1) is 0 Å². The molecule has 8 heteroatoms. The smallest absolute Gasteiger partial charge is 0.302 e. The van der Waals surface area contributed by atoms with Crippen molar-refractivity contribution < 1.29 is 17.9 Å². The Balaban J connectivity index is 2.95. The molecule has 1 aromatic rings. The Morgan fingerprint density at radius 2 is 2.18 bits per heavy atom. The van der Waals surface area contributed by atoms with Crippen LogP contribution >= 0.6 is 22.3 Å². The summed E-state index contributed by atoms with van der Waals surface area (Å²) in [6.45, 7) is 1.29. The Kier molecular flexibility index (Phi) is 4.73. The summed E-state index contributed by atoms with van der Waals surface area (Å²) in [4.78, 5) is 14.2. The van der Waals surface area contributed by atoms with E-state index in [1.807, 2.05) is 0 Å². The monoisotopic (exact) mass is 297 g/mol. The van der Waals surface area contributed by atoms with Gasteiger partial charge in [0.05, 0.1) is 17.3 Å². The maximum atomic E-state index is 11.3. The summed E-state index contributed by atoms with van der Waals surface area (Å²) in [5, 5.41) is 0.167. The maximum absolute atomic E-state index is 11.3. The second-order valence-corrected chi connectivity index (χ2v) is 6.10. The van der Waals surface area contributed by atoms with Crippen molar-refractivity contribution in [2.75, 3.05) is 6.61 Å². The lowest BCUT2D eigenvalue weighted by Crippen LogP contribution is -2.08.